The Morgan fingerprint density at radius 2 is 2.20 bits per heavy atom. The Labute approximate surface area is 119 Å². The number of nitrogens with one attached hydrogen (secondary N) is 1. The van der Waals surface area contributed by atoms with Gasteiger partial charge in [0.1, 0.15) is 5.75 Å². The molecule has 20 heavy (non-hydrogen) atoms. The number of carboxylic acid groups (broad SMARTS) is 1. The van der Waals surface area contributed by atoms with Gasteiger partial charge in [-0.05, 0) is 37.1 Å². The fourth-order valence-electron chi connectivity index (χ4n) is 2.65. The van der Waals surface area contributed by atoms with E-state index in [9.17, 15) is 9.90 Å². The van der Waals surface area contributed by atoms with Gasteiger partial charge in [-0.15, -0.1) is 0 Å². The fraction of sp³-hybridized carbons (Fsp3) is 0.533. The molecular formula is C15H22N2O3. The Kier molecular flexibility index (Phi) is 4.98. The van der Waals surface area contributed by atoms with E-state index in [2.05, 4.69) is 5.32 Å². The second-order valence-electron chi connectivity index (χ2n) is 5.33. The Bertz CT molecular complexity index is 458. The highest BCUT2D eigenvalue weighted by molar-refractivity contribution is 5.69. The first-order chi connectivity index (χ1) is 9.58. The summed E-state index contributed by atoms with van der Waals surface area (Å²) < 4.78 is 0. The van der Waals surface area contributed by atoms with Crippen molar-refractivity contribution in [1.29, 1.82) is 0 Å². The molecule has 5 nitrogen and oxygen atoms in total. The zero-order valence-electron chi connectivity index (χ0n) is 11.7. The van der Waals surface area contributed by atoms with E-state index in [1.807, 2.05) is 24.0 Å². The second-order valence-corrected chi connectivity index (χ2v) is 5.33. The molecular weight excluding hydrogens is 256 g/mol. The minimum atomic E-state index is -0.761. The molecule has 0 atom stereocenters. The normalized spacial score (nSPS) is 21.7. The van der Waals surface area contributed by atoms with Crippen LogP contribution in [0.5, 0.6) is 5.75 Å². The summed E-state index contributed by atoms with van der Waals surface area (Å²) in [6.07, 6.45) is 1.97. The van der Waals surface area contributed by atoms with Crippen molar-refractivity contribution in [3.05, 3.63) is 29.8 Å². The van der Waals surface area contributed by atoms with Gasteiger partial charge < -0.3 is 15.5 Å². The molecule has 0 heterocycles. The van der Waals surface area contributed by atoms with Crippen molar-refractivity contribution < 1.29 is 15.0 Å². The first-order valence-electron chi connectivity index (χ1n) is 7.05. The fourth-order valence-corrected chi connectivity index (χ4v) is 2.65. The smallest absolute Gasteiger partial charge is 0.317 e. The summed E-state index contributed by atoms with van der Waals surface area (Å²) in [5, 5.41) is 21.7. The molecule has 3 N–H and O–H groups in total. The quantitative estimate of drug-likeness (QED) is 0.703. The van der Waals surface area contributed by atoms with Crippen LogP contribution >= 0.6 is 0 Å². The van der Waals surface area contributed by atoms with Crippen LogP contribution in [0.2, 0.25) is 0 Å². The van der Waals surface area contributed by atoms with Crippen LogP contribution in [0.3, 0.4) is 0 Å². The maximum absolute atomic E-state index is 10.8. The van der Waals surface area contributed by atoms with Crippen LogP contribution in [0, 0.1) is 0 Å². The van der Waals surface area contributed by atoms with Gasteiger partial charge in [-0.1, -0.05) is 19.1 Å². The van der Waals surface area contributed by atoms with Gasteiger partial charge in [0.05, 0.1) is 6.54 Å². The van der Waals surface area contributed by atoms with Crippen LogP contribution in [-0.4, -0.2) is 46.3 Å². The van der Waals surface area contributed by atoms with Crippen molar-refractivity contribution >= 4 is 5.97 Å². The monoisotopic (exact) mass is 278 g/mol. The molecule has 5 heteroatoms. The lowest BCUT2D eigenvalue weighted by atomic mass is 9.85. The van der Waals surface area contributed by atoms with Crippen LogP contribution in [0.15, 0.2) is 24.3 Å². The highest BCUT2D eigenvalue weighted by Crippen LogP contribution is 2.26. The summed E-state index contributed by atoms with van der Waals surface area (Å²) in [5.41, 5.74) is 1.06. The third kappa shape index (κ3) is 3.95. The number of rotatable bonds is 7. The number of carbonyl (C=O) groups is 1. The number of carboxylic acids is 1. The zero-order valence-corrected chi connectivity index (χ0v) is 11.7. The van der Waals surface area contributed by atoms with E-state index < -0.39 is 5.97 Å². The number of phenols is 1. The predicted octanol–water partition coefficient (Wildman–Crippen LogP) is 1.42. The summed E-state index contributed by atoms with van der Waals surface area (Å²) >= 11 is 0. The zero-order chi connectivity index (χ0) is 14.5. The molecule has 1 aliphatic carbocycles. The average Bonchev–Trinajstić information content (AvgIpc) is 2.35. The Hall–Kier alpha value is -1.59. The maximum Gasteiger partial charge on any atom is 0.317 e. The maximum atomic E-state index is 10.8. The standard InChI is InChI=1S/C15H22N2O3/c1-2-17(10-15(19)20)13-7-12(8-13)16-9-11-4-3-5-14(18)6-11/h3-6,12-13,16,18H,2,7-10H2,1H3,(H,19,20). The topological polar surface area (TPSA) is 72.8 Å². The Balaban J connectivity index is 1.72. The number of hydrogen-bond acceptors (Lipinski definition) is 4. The van der Waals surface area contributed by atoms with Crippen molar-refractivity contribution in [1.82, 2.24) is 10.2 Å². The van der Waals surface area contributed by atoms with E-state index in [0.717, 1.165) is 31.5 Å². The third-order valence-electron chi connectivity index (χ3n) is 3.88. The minimum Gasteiger partial charge on any atom is -0.508 e. The molecule has 1 aromatic carbocycles. The number of aromatic hydroxyl groups is 1. The van der Waals surface area contributed by atoms with Crippen LogP contribution in [0.25, 0.3) is 0 Å². The van der Waals surface area contributed by atoms with E-state index in [1.165, 1.54) is 0 Å². The van der Waals surface area contributed by atoms with E-state index in [1.54, 1.807) is 12.1 Å². The first kappa shape index (κ1) is 14.8. The van der Waals surface area contributed by atoms with Crippen molar-refractivity contribution in [2.45, 2.75) is 38.4 Å². The van der Waals surface area contributed by atoms with E-state index in [4.69, 9.17) is 5.11 Å². The van der Waals surface area contributed by atoms with Crippen LogP contribution < -0.4 is 5.32 Å². The van der Waals surface area contributed by atoms with Crippen LogP contribution in [-0.2, 0) is 11.3 Å². The van der Waals surface area contributed by atoms with Crippen molar-refractivity contribution in [2.75, 3.05) is 13.1 Å². The molecule has 0 aliphatic heterocycles. The molecule has 0 aromatic heterocycles. The lowest BCUT2D eigenvalue weighted by molar-refractivity contribution is -0.139. The van der Waals surface area contributed by atoms with Gasteiger partial charge in [0.25, 0.3) is 0 Å². The predicted molar refractivity (Wildman–Crippen MR) is 76.6 cm³/mol. The summed E-state index contributed by atoms with van der Waals surface area (Å²) in [6.45, 7) is 3.63. The van der Waals surface area contributed by atoms with Gasteiger partial charge in [0.2, 0.25) is 0 Å². The second kappa shape index (κ2) is 6.72. The van der Waals surface area contributed by atoms with E-state index in [-0.39, 0.29) is 12.3 Å². The van der Waals surface area contributed by atoms with Gasteiger partial charge in [-0.2, -0.15) is 0 Å². The molecule has 1 fully saturated rings. The lowest BCUT2D eigenvalue weighted by Gasteiger charge is -2.42. The highest BCUT2D eigenvalue weighted by atomic mass is 16.4. The van der Waals surface area contributed by atoms with Crippen molar-refractivity contribution in [2.24, 2.45) is 0 Å². The average molecular weight is 278 g/mol. The summed E-state index contributed by atoms with van der Waals surface area (Å²) in [5.74, 6) is -0.475. The number of nitrogens with zero attached hydrogens (tertiary/aromatic N) is 1. The lowest BCUT2D eigenvalue weighted by Crippen LogP contribution is -2.53. The molecule has 0 unspecified atom stereocenters. The Morgan fingerprint density at radius 1 is 1.45 bits per heavy atom. The molecule has 2 rings (SSSR count). The molecule has 1 saturated carbocycles. The number of benzene rings is 1. The molecule has 0 bridgehead atoms. The van der Waals surface area contributed by atoms with Gasteiger partial charge in [0.15, 0.2) is 0 Å². The number of likely N-dealkylation sites (N-methyl/N-ethyl adjacent to an activating group) is 1. The van der Waals surface area contributed by atoms with Crippen LogP contribution in [0.4, 0.5) is 0 Å². The highest BCUT2D eigenvalue weighted by Gasteiger charge is 2.33. The number of phenolic OH excluding ortho intramolecular Hbond substituents is 1. The molecule has 1 aliphatic rings. The van der Waals surface area contributed by atoms with Crippen LogP contribution in [0.1, 0.15) is 25.3 Å². The summed E-state index contributed by atoms with van der Waals surface area (Å²) in [7, 11) is 0. The molecule has 0 amide bonds. The largest absolute Gasteiger partial charge is 0.508 e. The number of aliphatic carboxylic acids is 1. The molecule has 110 valence electrons. The summed E-state index contributed by atoms with van der Waals surface area (Å²) in [4.78, 5) is 12.8. The minimum absolute atomic E-state index is 0.125. The van der Waals surface area contributed by atoms with Crippen molar-refractivity contribution in [3.8, 4) is 5.75 Å². The summed E-state index contributed by atoms with van der Waals surface area (Å²) in [6, 6.07) is 8.04. The van der Waals surface area contributed by atoms with Gasteiger partial charge in [-0.25, -0.2) is 0 Å². The third-order valence-corrected chi connectivity index (χ3v) is 3.88. The Morgan fingerprint density at radius 3 is 2.80 bits per heavy atom. The van der Waals surface area contributed by atoms with Gasteiger partial charge in [0, 0.05) is 18.6 Å². The molecule has 0 spiro atoms. The molecule has 1 aromatic rings. The van der Waals surface area contributed by atoms with Gasteiger partial charge >= 0.3 is 5.97 Å². The molecule has 0 saturated heterocycles. The SMILES string of the molecule is CCN(CC(=O)O)C1CC(NCc2cccc(O)c2)C1. The van der Waals surface area contributed by atoms with E-state index >= 15 is 0 Å². The number of hydrogen-bond donors (Lipinski definition) is 3. The van der Waals surface area contributed by atoms with Crippen molar-refractivity contribution in [3.63, 3.8) is 0 Å². The van der Waals surface area contributed by atoms with E-state index in [0.29, 0.717) is 12.1 Å². The first-order valence-corrected chi connectivity index (χ1v) is 7.05. The van der Waals surface area contributed by atoms with Gasteiger partial charge in [-0.3, -0.25) is 9.69 Å². The molecule has 0 radical (unpaired) electrons.